The number of hydrogen-bond acceptors (Lipinski definition) is 7. The lowest BCUT2D eigenvalue weighted by molar-refractivity contribution is -0.385. The van der Waals surface area contributed by atoms with E-state index in [1.807, 2.05) is 0 Å². The minimum absolute atomic E-state index is 0.0369. The van der Waals surface area contributed by atoms with Gasteiger partial charge in [-0.2, -0.15) is 0 Å². The number of hydrazine groups is 1. The van der Waals surface area contributed by atoms with Gasteiger partial charge in [-0.1, -0.05) is 11.7 Å². The summed E-state index contributed by atoms with van der Waals surface area (Å²) in [5.74, 6) is 4.27. The topological polar surface area (TPSA) is 117 Å². The Kier molecular flexibility index (Phi) is 5.03. The first-order chi connectivity index (χ1) is 8.54. The van der Waals surface area contributed by atoms with Crippen molar-refractivity contribution in [2.24, 2.45) is 5.84 Å². The molecule has 0 fully saturated rings. The molecule has 0 aliphatic heterocycles. The highest BCUT2D eigenvalue weighted by Gasteiger charge is 2.15. The smallest absolute Gasteiger partial charge is 0.329 e. The molecule has 0 heterocycles. The van der Waals surface area contributed by atoms with Gasteiger partial charge in [-0.3, -0.25) is 14.9 Å². The van der Waals surface area contributed by atoms with Gasteiger partial charge in [0.15, 0.2) is 5.75 Å². The van der Waals surface area contributed by atoms with Crippen LogP contribution in [-0.2, 0) is 9.63 Å². The minimum Gasteiger partial charge on any atom is -0.486 e. The zero-order valence-corrected chi connectivity index (χ0v) is 9.71. The van der Waals surface area contributed by atoms with Crippen LogP contribution in [0.15, 0.2) is 18.2 Å². The number of rotatable bonds is 6. The maximum absolute atomic E-state index is 10.9. The maximum atomic E-state index is 10.9. The maximum Gasteiger partial charge on any atom is 0.329 e. The molecule has 3 N–H and O–H groups in total. The van der Waals surface area contributed by atoms with Crippen molar-refractivity contribution in [2.75, 3.05) is 6.61 Å². The van der Waals surface area contributed by atoms with Gasteiger partial charge in [0, 0.05) is 6.07 Å². The molecule has 0 unspecified atom stereocenters. The third-order valence-corrected chi connectivity index (χ3v) is 2.05. The van der Waals surface area contributed by atoms with Crippen LogP contribution in [0.25, 0.3) is 0 Å². The first kappa shape index (κ1) is 13.9. The molecule has 0 atom stereocenters. The molecule has 18 heavy (non-hydrogen) atoms. The van der Waals surface area contributed by atoms with Crippen molar-refractivity contribution >= 4 is 11.7 Å². The summed E-state index contributed by atoms with van der Waals surface area (Å²) in [4.78, 5) is 25.4. The van der Waals surface area contributed by atoms with Crippen molar-refractivity contribution in [3.05, 3.63) is 33.9 Å². The number of aryl methyl sites for hydroxylation is 1. The second kappa shape index (κ2) is 6.52. The van der Waals surface area contributed by atoms with Crippen LogP contribution in [0.5, 0.6) is 5.75 Å². The molecule has 0 bridgehead atoms. The van der Waals surface area contributed by atoms with E-state index in [1.165, 1.54) is 12.1 Å². The molecular weight excluding hydrogens is 242 g/mol. The standard InChI is InChI=1S/C10H13N3O5/c1-7-2-3-8(13(15)16)9(6-7)17-5-4-10(14)18-12-11/h2-3,6,12H,4-5,11H2,1H3. The predicted molar refractivity (Wildman–Crippen MR) is 61.4 cm³/mol. The van der Waals surface area contributed by atoms with Crippen LogP contribution in [-0.4, -0.2) is 17.5 Å². The quantitative estimate of drug-likeness (QED) is 0.434. The molecule has 1 aromatic carbocycles. The number of benzene rings is 1. The summed E-state index contributed by atoms with van der Waals surface area (Å²) in [5.41, 5.74) is 2.42. The first-order valence-electron chi connectivity index (χ1n) is 5.07. The zero-order chi connectivity index (χ0) is 13.5. The van der Waals surface area contributed by atoms with Crippen molar-refractivity contribution in [3.8, 4) is 5.75 Å². The van der Waals surface area contributed by atoms with Gasteiger partial charge in [-0.05, 0) is 18.6 Å². The first-order valence-corrected chi connectivity index (χ1v) is 5.07. The van der Waals surface area contributed by atoms with Crippen LogP contribution in [0.2, 0.25) is 0 Å². The van der Waals surface area contributed by atoms with Gasteiger partial charge in [0.1, 0.15) is 0 Å². The number of nitrogens with two attached hydrogens (primary N) is 1. The van der Waals surface area contributed by atoms with Crippen LogP contribution in [0.3, 0.4) is 0 Å². The highest BCUT2D eigenvalue weighted by molar-refractivity contribution is 5.69. The number of ether oxygens (including phenoxy) is 1. The molecule has 1 rings (SSSR count). The molecule has 0 radical (unpaired) electrons. The third kappa shape index (κ3) is 4.00. The lowest BCUT2D eigenvalue weighted by Crippen LogP contribution is -2.27. The molecule has 0 aromatic heterocycles. The number of nitro groups is 1. The summed E-state index contributed by atoms with van der Waals surface area (Å²) < 4.78 is 5.19. The summed E-state index contributed by atoms with van der Waals surface area (Å²) in [6.45, 7) is 1.74. The third-order valence-electron chi connectivity index (χ3n) is 2.05. The Labute approximate surface area is 103 Å². The summed E-state index contributed by atoms with van der Waals surface area (Å²) >= 11 is 0. The summed E-state index contributed by atoms with van der Waals surface area (Å²) in [6, 6.07) is 4.49. The van der Waals surface area contributed by atoms with Gasteiger partial charge in [0.2, 0.25) is 0 Å². The second-order valence-corrected chi connectivity index (χ2v) is 3.42. The van der Waals surface area contributed by atoms with Gasteiger partial charge >= 0.3 is 11.7 Å². The van der Waals surface area contributed by atoms with Crippen molar-refractivity contribution in [2.45, 2.75) is 13.3 Å². The lowest BCUT2D eigenvalue weighted by atomic mass is 10.2. The normalized spacial score (nSPS) is 9.89. The number of carbonyl (C=O) groups is 1. The van der Waals surface area contributed by atoms with Crippen LogP contribution >= 0.6 is 0 Å². The summed E-state index contributed by atoms with van der Waals surface area (Å²) in [7, 11) is 0. The van der Waals surface area contributed by atoms with E-state index in [0.717, 1.165) is 5.56 Å². The molecular formula is C10H13N3O5. The average Bonchev–Trinajstić information content (AvgIpc) is 2.29. The van der Waals surface area contributed by atoms with E-state index in [2.05, 4.69) is 4.84 Å². The zero-order valence-electron chi connectivity index (χ0n) is 9.71. The molecule has 0 aliphatic rings. The Bertz CT molecular complexity index is 449. The molecule has 0 aliphatic carbocycles. The van der Waals surface area contributed by atoms with Gasteiger partial charge in [0.05, 0.1) is 18.0 Å². The van der Waals surface area contributed by atoms with E-state index in [9.17, 15) is 14.9 Å². The van der Waals surface area contributed by atoms with Gasteiger partial charge in [0.25, 0.3) is 0 Å². The molecule has 8 heteroatoms. The van der Waals surface area contributed by atoms with Gasteiger partial charge in [-0.15, -0.1) is 0 Å². The van der Waals surface area contributed by atoms with E-state index in [4.69, 9.17) is 10.6 Å². The number of hydrogen-bond donors (Lipinski definition) is 2. The molecule has 0 amide bonds. The predicted octanol–water partition coefficient (Wildman–Crippen LogP) is 0.594. The Morgan fingerprint density at radius 1 is 1.56 bits per heavy atom. The number of nitro benzene ring substituents is 1. The minimum atomic E-state index is -0.618. The molecule has 1 aromatic rings. The molecule has 0 spiro atoms. The number of carbonyl (C=O) groups excluding carboxylic acids is 1. The average molecular weight is 255 g/mol. The van der Waals surface area contributed by atoms with Crippen molar-refractivity contribution in [1.82, 2.24) is 5.59 Å². The molecule has 0 saturated heterocycles. The van der Waals surface area contributed by atoms with E-state index in [0.29, 0.717) is 0 Å². The van der Waals surface area contributed by atoms with Crippen molar-refractivity contribution < 1.29 is 19.3 Å². The highest BCUT2D eigenvalue weighted by Crippen LogP contribution is 2.27. The van der Waals surface area contributed by atoms with Crippen LogP contribution < -0.4 is 16.2 Å². The second-order valence-electron chi connectivity index (χ2n) is 3.42. The van der Waals surface area contributed by atoms with Gasteiger partial charge < -0.3 is 9.57 Å². The summed E-state index contributed by atoms with van der Waals surface area (Å²) in [6.07, 6.45) is -0.0741. The summed E-state index contributed by atoms with van der Waals surface area (Å²) in [5, 5.41) is 10.7. The van der Waals surface area contributed by atoms with E-state index >= 15 is 0 Å². The fourth-order valence-corrected chi connectivity index (χ4v) is 1.25. The van der Waals surface area contributed by atoms with E-state index in [-0.39, 0.29) is 24.5 Å². The molecule has 98 valence electrons. The van der Waals surface area contributed by atoms with Crippen molar-refractivity contribution in [1.29, 1.82) is 0 Å². The fraction of sp³-hybridized carbons (Fsp3) is 0.300. The largest absolute Gasteiger partial charge is 0.486 e. The SMILES string of the molecule is Cc1ccc([N+](=O)[O-])c(OCCC(=O)ONN)c1. The lowest BCUT2D eigenvalue weighted by Gasteiger charge is -2.07. The van der Waals surface area contributed by atoms with E-state index in [1.54, 1.807) is 18.6 Å². The van der Waals surface area contributed by atoms with Crippen LogP contribution in [0.4, 0.5) is 5.69 Å². The van der Waals surface area contributed by atoms with Gasteiger partial charge in [-0.25, -0.2) is 5.84 Å². The molecule has 0 saturated carbocycles. The van der Waals surface area contributed by atoms with Crippen LogP contribution in [0, 0.1) is 17.0 Å². The number of nitrogens with zero attached hydrogens (tertiary/aromatic N) is 1. The fourth-order valence-electron chi connectivity index (χ4n) is 1.25. The Hall–Kier alpha value is -2.19. The Morgan fingerprint density at radius 2 is 2.28 bits per heavy atom. The highest BCUT2D eigenvalue weighted by atomic mass is 16.7. The monoisotopic (exact) mass is 255 g/mol. The Balaban J connectivity index is 2.63. The Morgan fingerprint density at radius 3 is 2.89 bits per heavy atom. The van der Waals surface area contributed by atoms with E-state index < -0.39 is 10.9 Å². The van der Waals surface area contributed by atoms with Crippen LogP contribution in [0.1, 0.15) is 12.0 Å². The number of nitrogens with one attached hydrogen (secondary N) is 1. The molecule has 8 nitrogen and oxygen atoms in total. The van der Waals surface area contributed by atoms with Crippen molar-refractivity contribution in [3.63, 3.8) is 0 Å².